The molecule has 2 unspecified atom stereocenters. The van der Waals surface area contributed by atoms with E-state index in [1.807, 2.05) is 7.05 Å². The molecule has 5 nitrogen and oxygen atoms in total. The van der Waals surface area contributed by atoms with Gasteiger partial charge in [-0.1, -0.05) is 19.8 Å². The van der Waals surface area contributed by atoms with E-state index >= 15 is 0 Å². The van der Waals surface area contributed by atoms with E-state index in [1.54, 1.807) is 0 Å². The van der Waals surface area contributed by atoms with Gasteiger partial charge in [0, 0.05) is 45.3 Å². The molecule has 0 bridgehead atoms. The van der Waals surface area contributed by atoms with Crippen LogP contribution in [0.3, 0.4) is 0 Å². The van der Waals surface area contributed by atoms with Gasteiger partial charge in [0.1, 0.15) is 0 Å². The van der Waals surface area contributed by atoms with E-state index in [0.717, 1.165) is 24.5 Å². The third-order valence-corrected chi connectivity index (χ3v) is 6.09. The lowest BCUT2D eigenvalue weighted by atomic mass is 10.1. The minimum atomic E-state index is 0. The number of nitrogens with one attached hydrogen (secondary N) is 2. The fourth-order valence-electron chi connectivity index (χ4n) is 4.73. The zero-order valence-corrected chi connectivity index (χ0v) is 18.5. The number of hydrogen-bond donors (Lipinski definition) is 2. The number of aliphatic imine (C=N–C) groups is 1. The predicted octanol–water partition coefficient (Wildman–Crippen LogP) is 2.52. The van der Waals surface area contributed by atoms with Crippen molar-refractivity contribution in [2.75, 3.05) is 46.3 Å². The second-order valence-electron chi connectivity index (χ2n) is 7.97. The first-order valence-electron chi connectivity index (χ1n) is 10.2. The van der Waals surface area contributed by atoms with E-state index < -0.39 is 0 Å². The van der Waals surface area contributed by atoms with Gasteiger partial charge in [0.05, 0.1) is 0 Å². The molecule has 146 valence electrons. The second-order valence-corrected chi connectivity index (χ2v) is 7.97. The van der Waals surface area contributed by atoms with Gasteiger partial charge in [0.15, 0.2) is 5.96 Å². The van der Waals surface area contributed by atoms with Crippen LogP contribution in [0.1, 0.15) is 51.9 Å². The highest BCUT2D eigenvalue weighted by Crippen LogP contribution is 2.26. The van der Waals surface area contributed by atoms with Crippen LogP contribution in [0, 0.1) is 5.92 Å². The Kier molecular flexibility index (Phi) is 9.27. The normalized spacial score (nSPS) is 29.1. The number of hydrogen-bond acceptors (Lipinski definition) is 3. The van der Waals surface area contributed by atoms with Gasteiger partial charge < -0.3 is 15.5 Å². The molecule has 2 saturated heterocycles. The lowest BCUT2D eigenvalue weighted by Crippen LogP contribution is -2.46. The number of nitrogens with zero attached hydrogens (tertiary/aromatic N) is 3. The Morgan fingerprint density at radius 3 is 2.60 bits per heavy atom. The Balaban J connectivity index is 0.00000225. The van der Waals surface area contributed by atoms with Crippen LogP contribution >= 0.6 is 24.0 Å². The largest absolute Gasteiger partial charge is 0.356 e. The molecule has 25 heavy (non-hydrogen) atoms. The summed E-state index contributed by atoms with van der Waals surface area (Å²) in [7, 11) is 1.90. The number of halogens is 1. The van der Waals surface area contributed by atoms with Crippen LogP contribution in [0.15, 0.2) is 4.99 Å². The summed E-state index contributed by atoms with van der Waals surface area (Å²) < 4.78 is 0. The highest BCUT2D eigenvalue weighted by molar-refractivity contribution is 14.0. The third kappa shape index (κ3) is 6.24. The van der Waals surface area contributed by atoms with Crippen LogP contribution in [0.5, 0.6) is 0 Å². The van der Waals surface area contributed by atoms with Gasteiger partial charge in [-0.15, -0.1) is 24.0 Å². The number of likely N-dealkylation sites (tertiary alicyclic amines) is 2. The Hall–Kier alpha value is -0.0800. The number of rotatable bonds is 6. The van der Waals surface area contributed by atoms with Crippen molar-refractivity contribution in [3.05, 3.63) is 0 Å². The standard InChI is InChI=1S/C19H37N5.HI/c1-3-10-23-11-8-16(14-23)13-21-19(20-2)22-17-9-12-24(15-17)18-6-4-5-7-18;/h16-18H,3-15H2,1-2H3,(H2,20,21,22);1H. The summed E-state index contributed by atoms with van der Waals surface area (Å²) >= 11 is 0. The Morgan fingerprint density at radius 1 is 1.08 bits per heavy atom. The van der Waals surface area contributed by atoms with Crippen molar-refractivity contribution in [2.24, 2.45) is 10.9 Å². The molecule has 6 heteroatoms. The molecule has 1 saturated carbocycles. The van der Waals surface area contributed by atoms with Gasteiger partial charge in [-0.25, -0.2) is 0 Å². The van der Waals surface area contributed by atoms with Crippen molar-refractivity contribution in [3.8, 4) is 0 Å². The molecule has 3 fully saturated rings. The van der Waals surface area contributed by atoms with E-state index in [4.69, 9.17) is 0 Å². The van der Waals surface area contributed by atoms with Crippen LogP contribution in [0.25, 0.3) is 0 Å². The quantitative estimate of drug-likeness (QED) is 0.361. The molecule has 0 aromatic heterocycles. The molecule has 2 aliphatic heterocycles. The molecule has 0 aromatic rings. The molecule has 3 aliphatic rings. The van der Waals surface area contributed by atoms with Crippen LogP contribution in [-0.2, 0) is 0 Å². The molecule has 1 aliphatic carbocycles. The zero-order valence-electron chi connectivity index (χ0n) is 16.2. The maximum atomic E-state index is 4.45. The van der Waals surface area contributed by atoms with Gasteiger partial charge in [-0.2, -0.15) is 0 Å². The molecule has 0 amide bonds. The topological polar surface area (TPSA) is 42.9 Å². The van der Waals surface area contributed by atoms with Gasteiger partial charge >= 0.3 is 0 Å². The average molecular weight is 463 g/mol. The van der Waals surface area contributed by atoms with Crippen molar-refractivity contribution in [3.63, 3.8) is 0 Å². The molecule has 0 aromatic carbocycles. The van der Waals surface area contributed by atoms with Crippen molar-refractivity contribution >= 4 is 29.9 Å². The lowest BCUT2D eigenvalue weighted by molar-refractivity contribution is 0.242. The van der Waals surface area contributed by atoms with Crippen LogP contribution in [0.2, 0.25) is 0 Å². The summed E-state index contributed by atoms with van der Waals surface area (Å²) in [4.78, 5) is 9.75. The SMILES string of the molecule is CCCN1CCC(CNC(=NC)NC2CCN(C3CCCC3)C2)C1.I. The minimum absolute atomic E-state index is 0. The third-order valence-electron chi connectivity index (χ3n) is 6.09. The van der Waals surface area contributed by atoms with Gasteiger partial charge in [0.25, 0.3) is 0 Å². The maximum absolute atomic E-state index is 4.45. The van der Waals surface area contributed by atoms with Crippen molar-refractivity contribution in [2.45, 2.75) is 64.0 Å². The van der Waals surface area contributed by atoms with Crippen molar-refractivity contribution in [1.29, 1.82) is 0 Å². The van der Waals surface area contributed by atoms with E-state index in [-0.39, 0.29) is 24.0 Å². The fourth-order valence-corrected chi connectivity index (χ4v) is 4.73. The number of guanidine groups is 1. The monoisotopic (exact) mass is 463 g/mol. The Bertz CT molecular complexity index is 411. The molecule has 0 spiro atoms. The van der Waals surface area contributed by atoms with Crippen LogP contribution in [-0.4, -0.2) is 74.2 Å². The van der Waals surface area contributed by atoms with Crippen molar-refractivity contribution in [1.82, 2.24) is 20.4 Å². The van der Waals surface area contributed by atoms with E-state index in [0.29, 0.717) is 6.04 Å². The maximum Gasteiger partial charge on any atom is 0.191 e. The molecular weight excluding hydrogens is 425 g/mol. The van der Waals surface area contributed by atoms with Crippen molar-refractivity contribution < 1.29 is 0 Å². The first-order valence-corrected chi connectivity index (χ1v) is 10.2. The van der Waals surface area contributed by atoms with Gasteiger partial charge in [0.2, 0.25) is 0 Å². The molecular formula is C19H38IN5. The minimum Gasteiger partial charge on any atom is -0.356 e. The zero-order chi connectivity index (χ0) is 16.8. The Labute approximate surface area is 171 Å². The predicted molar refractivity (Wildman–Crippen MR) is 117 cm³/mol. The van der Waals surface area contributed by atoms with E-state index in [1.165, 1.54) is 77.7 Å². The smallest absolute Gasteiger partial charge is 0.191 e. The Morgan fingerprint density at radius 2 is 1.88 bits per heavy atom. The summed E-state index contributed by atoms with van der Waals surface area (Å²) in [6.07, 6.45) is 9.53. The average Bonchev–Trinajstić information content (AvgIpc) is 3.32. The second kappa shape index (κ2) is 10.9. The first-order chi connectivity index (χ1) is 11.8. The molecule has 2 N–H and O–H groups in total. The highest BCUT2D eigenvalue weighted by Gasteiger charge is 2.30. The lowest BCUT2D eigenvalue weighted by Gasteiger charge is -2.24. The molecule has 3 rings (SSSR count). The van der Waals surface area contributed by atoms with E-state index in [2.05, 4.69) is 32.3 Å². The van der Waals surface area contributed by atoms with E-state index in [9.17, 15) is 0 Å². The fraction of sp³-hybridized carbons (Fsp3) is 0.947. The molecule has 2 heterocycles. The van der Waals surface area contributed by atoms with Gasteiger partial charge in [-0.3, -0.25) is 9.89 Å². The molecule has 2 atom stereocenters. The molecule has 0 radical (unpaired) electrons. The summed E-state index contributed by atoms with van der Waals surface area (Å²) in [5.74, 6) is 1.77. The summed E-state index contributed by atoms with van der Waals surface area (Å²) in [6, 6.07) is 1.42. The summed E-state index contributed by atoms with van der Waals surface area (Å²) in [5.41, 5.74) is 0. The first kappa shape index (κ1) is 21.2. The summed E-state index contributed by atoms with van der Waals surface area (Å²) in [6.45, 7) is 9.55. The summed E-state index contributed by atoms with van der Waals surface area (Å²) in [5, 5.41) is 7.24. The van der Waals surface area contributed by atoms with Gasteiger partial charge in [-0.05, 0) is 51.1 Å². The van der Waals surface area contributed by atoms with Crippen LogP contribution in [0.4, 0.5) is 0 Å². The highest BCUT2D eigenvalue weighted by atomic mass is 127. The van der Waals surface area contributed by atoms with Crippen LogP contribution < -0.4 is 10.6 Å².